The van der Waals surface area contributed by atoms with Gasteiger partial charge in [-0.25, -0.2) is 4.79 Å². The van der Waals surface area contributed by atoms with E-state index in [0.717, 1.165) is 22.8 Å². The predicted octanol–water partition coefficient (Wildman–Crippen LogP) is 2.86. The summed E-state index contributed by atoms with van der Waals surface area (Å²) in [6, 6.07) is 7.60. The van der Waals surface area contributed by atoms with Crippen molar-refractivity contribution in [3.63, 3.8) is 0 Å². The van der Waals surface area contributed by atoms with Gasteiger partial charge in [-0.3, -0.25) is 0 Å². The van der Waals surface area contributed by atoms with E-state index >= 15 is 0 Å². The highest BCUT2D eigenvalue weighted by Crippen LogP contribution is 2.21. The number of benzene rings is 1. The van der Waals surface area contributed by atoms with Crippen molar-refractivity contribution in [3.05, 3.63) is 36.4 Å². The minimum Gasteiger partial charge on any atom is -0.396 e. The Bertz CT molecular complexity index is 491. The number of hydrogen-bond acceptors (Lipinski definition) is 3. The molecule has 0 saturated carbocycles. The number of urea groups is 1. The molecule has 0 heterocycles. The first-order valence-electron chi connectivity index (χ1n) is 6.81. The molecule has 2 rings (SSSR count). The number of hydrogen-bond donors (Lipinski definition) is 3. The summed E-state index contributed by atoms with van der Waals surface area (Å²) < 4.78 is 0. The van der Waals surface area contributed by atoms with E-state index in [4.69, 9.17) is 5.11 Å². The molecule has 20 heavy (non-hydrogen) atoms. The molecule has 4 nitrogen and oxygen atoms in total. The van der Waals surface area contributed by atoms with Crippen molar-refractivity contribution < 1.29 is 9.90 Å². The third-order valence-corrected chi connectivity index (χ3v) is 4.00. The molecule has 1 aliphatic rings. The van der Waals surface area contributed by atoms with Gasteiger partial charge in [-0.2, -0.15) is 0 Å². The normalized spacial score (nSPS) is 20.9. The summed E-state index contributed by atoms with van der Waals surface area (Å²) in [6.07, 6.45) is 4.64. The summed E-state index contributed by atoms with van der Waals surface area (Å²) in [5.74, 6) is 1.16. The van der Waals surface area contributed by atoms with Crippen LogP contribution in [0.4, 0.5) is 10.5 Å². The zero-order chi connectivity index (χ0) is 14.4. The quantitative estimate of drug-likeness (QED) is 0.577. The number of nitrogens with one attached hydrogen (secondary N) is 2. The van der Waals surface area contributed by atoms with E-state index in [2.05, 4.69) is 17.6 Å². The maximum absolute atomic E-state index is 11.9. The van der Waals surface area contributed by atoms with Gasteiger partial charge >= 0.3 is 6.03 Å². The lowest BCUT2D eigenvalue weighted by molar-refractivity contribution is 0.238. The molecule has 2 amide bonds. The Kier molecular flexibility index (Phi) is 5.49. The number of carbonyl (C=O) groups is 1. The first kappa shape index (κ1) is 14.9. The van der Waals surface area contributed by atoms with Gasteiger partial charge < -0.3 is 15.7 Å². The lowest BCUT2D eigenvalue weighted by atomic mass is 10.1. The third-order valence-electron chi connectivity index (χ3n) is 3.13. The van der Waals surface area contributed by atoms with Gasteiger partial charge in [0.25, 0.3) is 0 Å². The minimum absolute atomic E-state index is 0.000324. The fourth-order valence-electron chi connectivity index (χ4n) is 2.18. The van der Waals surface area contributed by atoms with Crippen LogP contribution in [0.3, 0.4) is 0 Å². The largest absolute Gasteiger partial charge is 0.396 e. The van der Waals surface area contributed by atoms with Crippen LogP contribution in [0.25, 0.3) is 0 Å². The van der Waals surface area contributed by atoms with Gasteiger partial charge in [-0.05, 0) is 30.4 Å². The predicted molar refractivity (Wildman–Crippen MR) is 83.1 cm³/mol. The lowest BCUT2D eigenvalue weighted by Gasteiger charge is -2.14. The van der Waals surface area contributed by atoms with E-state index in [1.807, 2.05) is 36.4 Å². The first-order chi connectivity index (χ1) is 9.71. The van der Waals surface area contributed by atoms with Gasteiger partial charge in [0.1, 0.15) is 0 Å². The Morgan fingerprint density at radius 1 is 1.45 bits per heavy atom. The van der Waals surface area contributed by atoms with Crippen molar-refractivity contribution >= 4 is 23.5 Å². The van der Waals surface area contributed by atoms with E-state index in [1.54, 1.807) is 11.8 Å². The Morgan fingerprint density at radius 3 is 3.00 bits per heavy atom. The molecule has 0 unspecified atom stereocenters. The van der Waals surface area contributed by atoms with Crippen LogP contribution in [-0.4, -0.2) is 29.5 Å². The fraction of sp³-hybridized carbons (Fsp3) is 0.400. The fourth-order valence-corrected chi connectivity index (χ4v) is 2.90. The molecule has 1 aliphatic carbocycles. The standard InChI is InChI=1S/C15H20N2O2S/c1-2-20-14-5-3-4-12(9-14)16-15(19)17-13-7-6-11(8-13)10-18/h3-7,9,11,13,18H,2,8,10H2,1H3,(H2,16,17,19)/t11-,13+/m0/s1. The highest BCUT2D eigenvalue weighted by molar-refractivity contribution is 7.99. The second-order valence-corrected chi connectivity index (χ2v) is 6.07. The Hall–Kier alpha value is -1.46. The van der Waals surface area contributed by atoms with E-state index in [0.29, 0.717) is 0 Å². The van der Waals surface area contributed by atoms with Gasteiger partial charge in [0, 0.05) is 29.1 Å². The summed E-state index contributed by atoms with van der Waals surface area (Å²) in [4.78, 5) is 13.1. The molecular weight excluding hydrogens is 272 g/mol. The summed E-state index contributed by atoms with van der Waals surface area (Å²) in [5.41, 5.74) is 0.793. The van der Waals surface area contributed by atoms with Gasteiger partial charge in [0.2, 0.25) is 0 Å². The molecule has 1 aromatic rings. The van der Waals surface area contributed by atoms with E-state index in [1.165, 1.54) is 0 Å². The van der Waals surface area contributed by atoms with Gasteiger partial charge in [-0.1, -0.05) is 25.1 Å². The third kappa shape index (κ3) is 4.28. The zero-order valence-electron chi connectivity index (χ0n) is 11.5. The van der Waals surface area contributed by atoms with Crippen molar-refractivity contribution in [2.75, 3.05) is 17.7 Å². The summed E-state index contributed by atoms with van der Waals surface area (Å²) >= 11 is 1.74. The average molecular weight is 292 g/mol. The van der Waals surface area contributed by atoms with Crippen molar-refractivity contribution in [1.29, 1.82) is 0 Å². The molecule has 0 spiro atoms. The highest BCUT2D eigenvalue weighted by atomic mass is 32.2. The summed E-state index contributed by atoms with van der Waals surface area (Å²) in [7, 11) is 0. The zero-order valence-corrected chi connectivity index (χ0v) is 12.3. The van der Waals surface area contributed by atoms with Crippen molar-refractivity contribution in [1.82, 2.24) is 5.32 Å². The Balaban J connectivity index is 1.85. The van der Waals surface area contributed by atoms with Crippen LogP contribution >= 0.6 is 11.8 Å². The molecule has 2 atom stereocenters. The van der Waals surface area contributed by atoms with Crippen LogP contribution in [0.15, 0.2) is 41.3 Å². The van der Waals surface area contributed by atoms with E-state index in [9.17, 15) is 4.79 Å². The van der Waals surface area contributed by atoms with Crippen molar-refractivity contribution in [2.24, 2.45) is 5.92 Å². The van der Waals surface area contributed by atoms with Crippen LogP contribution < -0.4 is 10.6 Å². The van der Waals surface area contributed by atoms with Crippen molar-refractivity contribution in [3.8, 4) is 0 Å². The number of rotatable bonds is 5. The monoisotopic (exact) mass is 292 g/mol. The second-order valence-electron chi connectivity index (χ2n) is 4.73. The van der Waals surface area contributed by atoms with Gasteiger partial charge in [-0.15, -0.1) is 11.8 Å². The number of carbonyl (C=O) groups excluding carboxylic acids is 1. The number of amides is 2. The van der Waals surface area contributed by atoms with Crippen LogP contribution in [0.1, 0.15) is 13.3 Å². The van der Waals surface area contributed by atoms with Gasteiger partial charge in [0.15, 0.2) is 0 Å². The molecule has 3 N–H and O–H groups in total. The SMILES string of the molecule is CCSc1cccc(NC(=O)N[C@@H]2C=C[C@H](CO)C2)c1. The second kappa shape index (κ2) is 7.36. The molecular formula is C15H20N2O2S. The first-order valence-corrected chi connectivity index (χ1v) is 7.79. The Labute approximate surface area is 123 Å². The molecule has 5 heteroatoms. The lowest BCUT2D eigenvalue weighted by Crippen LogP contribution is -2.36. The maximum Gasteiger partial charge on any atom is 0.319 e. The van der Waals surface area contributed by atoms with Crippen LogP contribution in [-0.2, 0) is 0 Å². The smallest absolute Gasteiger partial charge is 0.319 e. The average Bonchev–Trinajstić information content (AvgIpc) is 2.87. The van der Waals surface area contributed by atoms with E-state index in [-0.39, 0.29) is 24.6 Å². The summed E-state index contributed by atoms with van der Waals surface area (Å²) in [6.45, 7) is 2.23. The number of aliphatic hydroxyl groups is 1. The summed E-state index contributed by atoms with van der Waals surface area (Å²) in [5, 5.41) is 14.8. The topological polar surface area (TPSA) is 61.4 Å². The molecule has 0 saturated heterocycles. The molecule has 0 bridgehead atoms. The number of anilines is 1. The van der Waals surface area contributed by atoms with Crippen molar-refractivity contribution in [2.45, 2.75) is 24.3 Å². The van der Waals surface area contributed by atoms with Gasteiger partial charge in [0.05, 0.1) is 0 Å². The Morgan fingerprint density at radius 2 is 2.30 bits per heavy atom. The van der Waals surface area contributed by atoms with Crippen LogP contribution in [0.2, 0.25) is 0 Å². The van der Waals surface area contributed by atoms with E-state index < -0.39 is 0 Å². The molecule has 1 aromatic carbocycles. The molecule has 0 fully saturated rings. The number of thioether (sulfide) groups is 1. The van der Waals surface area contributed by atoms with Crippen LogP contribution in [0, 0.1) is 5.92 Å². The molecule has 0 aromatic heterocycles. The maximum atomic E-state index is 11.9. The minimum atomic E-state index is -0.211. The highest BCUT2D eigenvalue weighted by Gasteiger charge is 2.19. The molecule has 108 valence electrons. The molecule has 0 aliphatic heterocycles. The number of aliphatic hydroxyl groups excluding tert-OH is 1. The van der Waals surface area contributed by atoms with Crippen LogP contribution in [0.5, 0.6) is 0 Å². The molecule has 0 radical (unpaired) electrons.